The van der Waals surface area contributed by atoms with Gasteiger partial charge < -0.3 is 0 Å². The molecule has 0 bridgehead atoms. The zero-order chi connectivity index (χ0) is 0. The van der Waals surface area contributed by atoms with Crippen LogP contribution in [0.25, 0.3) is 0 Å². The third-order valence-corrected chi connectivity index (χ3v) is 0. The predicted molar refractivity (Wildman–Crippen MR) is 50.6 cm³/mol. The third-order valence-electron chi connectivity index (χ3n) is 0. The van der Waals surface area contributed by atoms with Gasteiger partial charge in [-0.2, -0.15) is 0 Å². The van der Waals surface area contributed by atoms with Gasteiger partial charge in [-0.25, -0.2) is 0 Å². The maximum absolute atomic E-state index is 0. The van der Waals surface area contributed by atoms with Crippen LogP contribution in [0.2, 0.25) is 0 Å². The molecule has 0 aliphatic heterocycles. The van der Waals surface area contributed by atoms with E-state index in [0.29, 0.717) is 0 Å². The zero-order valence-corrected chi connectivity index (χ0v) is 9.94. The van der Waals surface area contributed by atoms with Crippen LogP contribution in [-0.2, 0) is 21.1 Å². The van der Waals surface area contributed by atoms with Gasteiger partial charge in [0.2, 0.25) is 0 Å². The molecule has 8 heavy (non-hydrogen) atoms. The minimum absolute atomic E-state index is 0. The Balaban J connectivity index is 0. The van der Waals surface area contributed by atoms with Crippen molar-refractivity contribution in [3.8, 4) is 0 Å². The molecule has 0 N–H and O–H groups in total. The second-order valence-electron chi connectivity index (χ2n) is 0. The van der Waals surface area contributed by atoms with E-state index in [4.69, 9.17) is 0 Å². The Hall–Kier alpha value is 4.06. The summed E-state index contributed by atoms with van der Waals surface area (Å²) in [5.41, 5.74) is 0. The molecule has 0 aromatic rings. The molecular formula is H7Cl6KPt. The van der Waals surface area contributed by atoms with Crippen LogP contribution in [-0.4, -0.2) is 51.4 Å². The van der Waals surface area contributed by atoms with Gasteiger partial charge in [-0.15, -0.1) is 74.4 Å². The van der Waals surface area contributed by atoms with E-state index in [1.807, 2.05) is 0 Å². The van der Waals surface area contributed by atoms with E-state index in [-0.39, 0.29) is 147 Å². The molecular weight excluding hydrogens is 447 g/mol. The first-order valence-electron chi connectivity index (χ1n) is 0. The maximum atomic E-state index is 0. The number of hydrogen-bond acceptors (Lipinski definition) is 0. The molecule has 8 heteroatoms. The summed E-state index contributed by atoms with van der Waals surface area (Å²) in [5.74, 6) is 0. The van der Waals surface area contributed by atoms with Gasteiger partial charge in [0, 0.05) is 21.1 Å². The van der Waals surface area contributed by atoms with E-state index in [9.17, 15) is 0 Å². The van der Waals surface area contributed by atoms with Crippen molar-refractivity contribution < 1.29 is 21.1 Å². The third kappa shape index (κ3) is 50.1. The van der Waals surface area contributed by atoms with E-state index in [0.717, 1.165) is 0 Å². The zero-order valence-electron chi connectivity index (χ0n) is 2.77. The van der Waals surface area contributed by atoms with Gasteiger partial charge in [0.1, 0.15) is 0 Å². The Morgan fingerprint density at radius 1 is 0.375 bits per heavy atom. The molecule has 60 valence electrons. The summed E-state index contributed by atoms with van der Waals surface area (Å²) in [4.78, 5) is 0. The fourth-order valence-corrected chi connectivity index (χ4v) is 0. The summed E-state index contributed by atoms with van der Waals surface area (Å²) in [5, 5.41) is 0. The second kappa shape index (κ2) is 67.8. The van der Waals surface area contributed by atoms with Crippen LogP contribution in [0.3, 0.4) is 0 Å². The van der Waals surface area contributed by atoms with Gasteiger partial charge >= 0.3 is 51.4 Å². The fraction of sp³-hybridized carbons (Fsp3) is 0. The first-order chi connectivity index (χ1) is 0. The molecule has 0 aliphatic carbocycles. The topological polar surface area (TPSA) is 0 Å². The van der Waals surface area contributed by atoms with Gasteiger partial charge in [0.05, 0.1) is 0 Å². The summed E-state index contributed by atoms with van der Waals surface area (Å²) in [6.45, 7) is 0. The van der Waals surface area contributed by atoms with Crippen molar-refractivity contribution in [3.63, 3.8) is 0 Å². The first-order valence-corrected chi connectivity index (χ1v) is 0. The fourth-order valence-electron chi connectivity index (χ4n) is 0. The minimum atomic E-state index is 0. The summed E-state index contributed by atoms with van der Waals surface area (Å²) in [6.07, 6.45) is 0. The molecule has 0 fully saturated rings. The molecule has 0 aromatic heterocycles. The van der Waals surface area contributed by atoms with Crippen LogP contribution in [0.5, 0.6) is 0 Å². The Morgan fingerprint density at radius 2 is 0.375 bits per heavy atom. The van der Waals surface area contributed by atoms with E-state index < -0.39 is 0 Å². The van der Waals surface area contributed by atoms with Crippen molar-refractivity contribution in [1.82, 2.24) is 0 Å². The summed E-state index contributed by atoms with van der Waals surface area (Å²) in [6, 6.07) is 0. The van der Waals surface area contributed by atoms with Crippen molar-refractivity contribution in [3.05, 3.63) is 0 Å². The average Bonchev–Trinajstić information content (AvgIpc) is 0. The Kier molecular flexibility index (Phi) is 758. The Labute approximate surface area is 144 Å². The van der Waals surface area contributed by atoms with Crippen LogP contribution in [0.4, 0.5) is 0 Å². The van der Waals surface area contributed by atoms with Gasteiger partial charge in [0.15, 0.2) is 0 Å². The van der Waals surface area contributed by atoms with Gasteiger partial charge in [-0.3, -0.25) is 0 Å². The van der Waals surface area contributed by atoms with Crippen molar-refractivity contribution in [2.45, 2.75) is 0 Å². The van der Waals surface area contributed by atoms with Crippen LogP contribution in [0.1, 0.15) is 0 Å². The normalized spacial score (nSPS) is 0. The van der Waals surface area contributed by atoms with E-state index in [1.165, 1.54) is 0 Å². The van der Waals surface area contributed by atoms with E-state index in [2.05, 4.69) is 0 Å². The van der Waals surface area contributed by atoms with Gasteiger partial charge in [-0.1, -0.05) is 0 Å². The molecule has 0 aliphatic rings. The summed E-state index contributed by atoms with van der Waals surface area (Å²) >= 11 is 0. The Bertz CT molecular complexity index is 8.49. The molecule has 0 rings (SSSR count). The number of rotatable bonds is 0. The number of halogens is 6. The Morgan fingerprint density at radius 3 is 0.375 bits per heavy atom. The van der Waals surface area contributed by atoms with Crippen LogP contribution in [0.15, 0.2) is 0 Å². The maximum Gasteiger partial charge on any atom is 0 e. The molecule has 0 amide bonds. The van der Waals surface area contributed by atoms with E-state index >= 15 is 0 Å². The second-order valence-corrected chi connectivity index (χ2v) is 0. The van der Waals surface area contributed by atoms with E-state index in [1.54, 1.807) is 0 Å². The van der Waals surface area contributed by atoms with Crippen molar-refractivity contribution >= 4 is 126 Å². The van der Waals surface area contributed by atoms with Crippen molar-refractivity contribution in [2.75, 3.05) is 0 Å². The number of hydrogen-bond donors (Lipinski definition) is 0. The molecule has 0 spiro atoms. The van der Waals surface area contributed by atoms with Gasteiger partial charge in [-0.05, 0) is 0 Å². The standard InChI is InChI=1S/6ClH.K.Pt.H/h6*1H;;;. The summed E-state index contributed by atoms with van der Waals surface area (Å²) < 4.78 is 0. The first kappa shape index (κ1) is 89.4. The van der Waals surface area contributed by atoms with Crippen molar-refractivity contribution in [2.24, 2.45) is 0 Å². The largest absolute Gasteiger partial charge is 0 e. The molecule has 0 heterocycles. The molecule has 0 saturated heterocycles. The molecule has 0 saturated carbocycles. The molecule has 0 unspecified atom stereocenters. The molecule has 0 aromatic carbocycles. The van der Waals surface area contributed by atoms with Crippen LogP contribution in [0, 0.1) is 0 Å². The summed E-state index contributed by atoms with van der Waals surface area (Å²) in [7, 11) is 0. The minimum Gasteiger partial charge on any atom is 0 e. The molecule has 0 nitrogen and oxygen atoms in total. The quantitative estimate of drug-likeness (QED) is 0.491. The SMILES string of the molecule is Cl.Cl.Cl.Cl.Cl.Cl.[KH].[Pt]. The molecule has 0 atom stereocenters. The predicted octanol–water partition coefficient (Wildman–Crippen LogP) is 1.88. The monoisotopic (exact) mass is 451 g/mol. The van der Waals surface area contributed by atoms with Crippen LogP contribution >= 0.6 is 74.4 Å². The van der Waals surface area contributed by atoms with Crippen molar-refractivity contribution in [1.29, 1.82) is 0 Å². The smallest absolute Gasteiger partial charge is 0 e. The molecule has 0 radical (unpaired) electrons. The van der Waals surface area contributed by atoms with Gasteiger partial charge in [0.25, 0.3) is 0 Å². The van der Waals surface area contributed by atoms with Crippen LogP contribution < -0.4 is 0 Å². The average molecular weight is 454 g/mol.